The number of ether oxygens (including phenoxy) is 2. The Kier molecular flexibility index (Phi) is 5.56. The molecule has 28 heavy (non-hydrogen) atoms. The fraction of sp³-hybridized carbons (Fsp3) is 0.200. The van der Waals surface area contributed by atoms with Crippen molar-refractivity contribution in [2.75, 3.05) is 19.1 Å². The molecule has 0 unspecified atom stereocenters. The van der Waals surface area contributed by atoms with Gasteiger partial charge in [0.2, 0.25) is 0 Å². The third-order valence-corrected chi connectivity index (χ3v) is 4.84. The normalized spacial score (nSPS) is 16.7. The Labute approximate surface area is 166 Å². The van der Waals surface area contributed by atoms with Crippen molar-refractivity contribution < 1.29 is 23.5 Å². The molecule has 0 bridgehead atoms. The molecule has 0 aliphatic carbocycles. The fourth-order valence-electron chi connectivity index (χ4n) is 3.16. The van der Waals surface area contributed by atoms with Crippen LogP contribution < -0.4 is 15.0 Å². The van der Waals surface area contributed by atoms with Gasteiger partial charge >= 0.3 is 12.0 Å². The minimum atomic E-state index is -1.08. The number of methoxy groups -OCH3 is 2. The van der Waals surface area contributed by atoms with Crippen LogP contribution in [0, 0.1) is 5.82 Å². The van der Waals surface area contributed by atoms with Gasteiger partial charge in [0.05, 0.1) is 31.5 Å². The lowest BCUT2D eigenvalue weighted by Gasteiger charge is -2.35. The van der Waals surface area contributed by atoms with E-state index in [9.17, 15) is 14.0 Å². The molecule has 2 aromatic rings. The van der Waals surface area contributed by atoms with Crippen LogP contribution in [0.1, 0.15) is 18.5 Å². The quantitative estimate of drug-likeness (QED) is 0.775. The number of carbonyl (C=O) groups excluding carboxylic acids is 2. The minimum absolute atomic E-state index is 0.00616. The Morgan fingerprint density at radius 3 is 2.43 bits per heavy atom. The molecule has 2 aromatic carbocycles. The van der Waals surface area contributed by atoms with Gasteiger partial charge in [0.15, 0.2) is 0 Å². The van der Waals surface area contributed by atoms with E-state index in [4.69, 9.17) is 21.1 Å². The van der Waals surface area contributed by atoms with Crippen LogP contribution >= 0.6 is 11.6 Å². The number of nitrogens with one attached hydrogen (secondary N) is 1. The number of hydrogen-bond donors (Lipinski definition) is 1. The molecule has 3 rings (SSSR count). The lowest BCUT2D eigenvalue weighted by Crippen LogP contribution is -2.48. The average Bonchev–Trinajstić information content (AvgIpc) is 2.67. The average molecular weight is 405 g/mol. The number of benzene rings is 2. The first-order valence-electron chi connectivity index (χ1n) is 8.36. The second-order valence-corrected chi connectivity index (χ2v) is 6.45. The molecule has 1 aliphatic rings. The number of urea groups is 1. The third-order valence-electron chi connectivity index (χ3n) is 4.51. The molecule has 1 heterocycles. The summed E-state index contributed by atoms with van der Waals surface area (Å²) in [5.74, 6) is -0.711. The van der Waals surface area contributed by atoms with Crippen molar-refractivity contribution >= 4 is 29.3 Å². The Hall–Kier alpha value is -3.06. The number of halogens is 2. The van der Waals surface area contributed by atoms with Crippen molar-refractivity contribution in [1.29, 1.82) is 0 Å². The van der Waals surface area contributed by atoms with Gasteiger partial charge in [-0.15, -0.1) is 0 Å². The number of carbonyl (C=O) groups is 2. The first kappa shape index (κ1) is 19.7. The predicted molar refractivity (Wildman–Crippen MR) is 103 cm³/mol. The smallest absolute Gasteiger partial charge is 0.337 e. The van der Waals surface area contributed by atoms with Gasteiger partial charge < -0.3 is 14.8 Å². The van der Waals surface area contributed by atoms with Crippen LogP contribution in [0.15, 0.2) is 53.7 Å². The van der Waals surface area contributed by atoms with Gasteiger partial charge in [-0.3, -0.25) is 4.90 Å². The number of esters is 1. The summed E-state index contributed by atoms with van der Waals surface area (Å²) in [7, 11) is 2.75. The largest absolute Gasteiger partial charge is 0.497 e. The topological polar surface area (TPSA) is 67.9 Å². The van der Waals surface area contributed by atoms with Crippen LogP contribution in [-0.4, -0.2) is 26.2 Å². The number of hydrogen-bond acceptors (Lipinski definition) is 4. The van der Waals surface area contributed by atoms with Gasteiger partial charge in [-0.25, -0.2) is 14.0 Å². The molecule has 6 nitrogen and oxygen atoms in total. The highest BCUT2D eigenvalue weighted by atomic mass is 35.5. The van der Waals surface area contributed by atoms with Crippen molar-refractivity contribution in [2.45, 2.75) is 13.0 Å². The summed E-state index contributed by atoms with van der Waals surface area (Å²) in [6, 6.07) is 9.27. The van der Waals surface area contributed by atoms with E-state index < -0.39 is 23.9 Å². The molecule has 1 aliphatic heterocycles. The van der Waals surface area contributed by atoms with Crippen LogP contribution in [0.5, 0.6) is 5.75 Å². The van der Waals surface area contributed by atoms with E-state index in [1.165, 1.54) is 37.3 Å². The van der Waals surface area contributed by atoms with E-state index in [0.29, 0.717) is 17.1 Å². The second-order valence-electron chi connectivity index (χ2n) is 6.04. The van der Waals surface area contributed by atoms with E-state index in [1.54, 1.807) is 31.2 Å². The van der Waals surface area contributed by atoms with Crippen molar-refractivity contribution in [3.63, 3.8) is 0 Å². The summed E-state index contributed by atoms with van der Waals surface area (Å²) in [6.45, 7) is 1.59. The number of allylic oxidation sites excluding steroid dienone is 1. The molecule has 2 amide bonds. The Morgan fingerprint density at radius 1 is 1.18 bits per heavy atom. The summed E-state index contributed by atoms with van der Waals surface area (Å²) in [4.78, 5) is 26.7. The first-order chi connectivity index (χ1) is 13.4. The molecule has 8 heteroatoms. The van der Waals surface area contributed by atoms with Crippen molar-refractivity contribution in [3.05, 3.63) is 70.1 Å². The fourth-order valence-corrected chi connectivity index (χ4v) is 3.43. The van der Waals surface area contributed by atoms with E-state index in [-0.39, 0.29) is 16.2 Å². The molecule has 146 valence electrons. The molecule has 0 spiro atoms. The van der Waals surface area contributed by atoms with E-state index in [1.807, 2.05) is 0 Å². The SMILES string of the molecule is COC(=O)C1=C(C)N(c2ccc(OC)cc2)C(=O)N[C@H]1c1c(F)cccc1Cl. The maximum absolute atomic E-state index is 14.5. The Bertz CT molecular complexity index is 939. The standard InChI is InChI=1S/C20H18ClFN2O4/c1-11-16(19(25)28-3)18(17-14(21)5-4-6-15(17)22)23-20(26)24(11)12-7-9-13(27-2)10-8-12/h4-10,18H,1-3H3,(H,23,26)/t18-/m1/s1. The number of amides is 2. The minimum Gasteiger partial charge on any atom is -0.497 e. The van der Waals surface area contributed by atoms with Crippen molar-refractivity contribution in [1.82, 2.24) is 5.32 Å². The van der Waals surface area contributed by atoms with Gasteiger partial charge in [0.1, 0.15) is 11.6 Å². The monoisotopic (exact) mass is 404 g/mol. The molecule has 1 N–H and O–H groups in total. The molecular formula is C20H18ClFN2O4. The predicted octanol–water partition coefficient (Wildman–Crippen LogP) is 4.21. The summed E-state index contributed by atoms with van der Waals surface area (Å²) < 4.78 is 24.5. The first-order valence-corrected chi connectivity index (χ1v) is 8.74. The third kappa shape index (κ3) is 3.41. The number of rotatable bonds is 4. The van der Waals surface area contributed by atoms with Gasteiger partial charge in [-0.2, -0.15) is 0 Å². The summed E-state index contributed by atoms with van der Waals surface area (Å²) in [5.41, 5.74) is 0.914. The number of anilines is 1. The lowest BCUT2D eigenvalue weighted by atomic mass is 9.94. The van der Waals surface area contributed by atoms with Crippen LogP contribution in [0.4, 0.5) is 14.9 Å². The van der Waals surface area contributed by atoms with Crippen LogP contribution in [0.25, 0.3) is 0 Å². The molecule has 0 fully saturated rings. The zero-order valence-corrected chi connectivity index (χ0v) is 16.2. The highest BCUT2D eigenvalue weighted by molar-refractivity contribution is 6.31. The molecule has 0 radical (unpaired) electrons. The van der Waals surface area contributed by atoms with Gasteiger partial charge in [-0.1, -0.05) is 17.7 Å². The maximum atomic E-state index is 14.5. The lowest BCUT2D eigenvalue weighted by molar-refractivity contribution is -0.136. The second kappa shape index (κ2) is 7.90. The van der Waals surface area contributed by atoms with Gasteiger partial charge in [0.25, 0.3) is 0 Å². The van der Waals surface area contributed by atoms with Crippen molar-refractivity contribution in [2.24, 2.45) is 0 Å². The molecule has 0 saturated heterocycles. The van der Waals surface area contributed by atoms with Crippen LogP contribution in [0.2, 0.25) is 5.02 Å². The molecule has 1 atom stereocenters. The summed E-state index contributed by atoms with van der Waals surface area (Å²) in [5, 5.41) is 2.75. The molecule has 0 aromatic heterocycles. The summed E-state index contributed by atoms with van der Waals surface area (Å²) >= 11 is 6.16. The van der Waals surface area contributed by atoms with Gasteiger partial charge in [-0.05, 0) is 43.3 Å². The van der Waals surface area contributed by atoms with E-state index >= 15 is 0 Å². The summed E-state index contributed by atoms with van der Waals surface area (Å²) in [6.07, 6.45) is 0. The van der Waals surface area contributed by atoms with E-state index in [2.05, 4.69) is 5.32 Å². The molecular weight excluding hydrogens is 387 g/mol. The van der Waals surface area contributed by atoms with E-state index in [0.717, 1.165) is 0 Å². The van der Waals surface area contributed by atoms with Crippen LogP contribution in [-0.2, 0) is 9.53 Å². The zero-order chi connectivity index (χ0) is 20.4. The van der Waals surface area contributed by atoms with Crippen molar-refractivity contribution in [3.8, 4) is 5.75 Å². The van der Waals surface area contributed by atoms with Crippen LogP contribution in [0.3, 0.4) is 0 Å². The number of nitrogens with zero attached hydrogens (tertiary/aromatic N) is 1. The van der Waals surface area contributed by atoms with Gasteiger partial charge in [0, 0.05) is 16.3 Å². The Morgan fingerprint density at radius 2 is 1.86 bits per heavy atom. The highest BCUT2D eigenvalue weighted by Gasteiger charge is 2.39. The molecule has 0 saturated carbocycles. The highest BCUT2D eigenvalue weighted by Crippen LogP contribution is 2.38. The maximum Gasteiger partial charge on any atom is 0.337 e. The Balaban J connectivity index is 2.16. The zero-order valence-electron chi connectivity index (χ0n) is 15.5.